The van der Waals surface area contributed by atoms with Crippen LogP contribution in [0.2, 0.25) is 0 Å². The smallest absolute Gasteiger partial charge is 0.0487 e. The minimum Gasteiger partial charge on any atom is -0.344 e. The Labute approximate surface area is 190 Å². The van der Waals surface area contributed by atoms with Crippen molar-refractivity contribution in [3.8, 4) is 33.4 Å². The molecule has 0 N–H and O–H groups in total. The van der Waals surface area contributed by atoms with E-state index >= 15 is 0 Å². The van der Waals surface area contributed by atoms with Gasteiger partial charge in [-0.3, -0.25) is 0 Å². The molecule has 154 valence electrons. The number of rotatable bonds is 5. The maximum atomic E-state index is 2.27. The van der Waals surface area contributed by atoms with E-state index in [1.165, 1.54) is 39.1 Å². The Kier molecular flexibility index (Phi) is 5.55. The van der Waals surface area contributed by atoms with Gasteiger partial charge in [0.05, 0.1) is 0 Å². The van der Waals surface area contributed by atoms with Gasteiger partial charge in [0.2, 0.25) is 0 Å². The molecule has 0 aliphatic heterocycles. The predicted octanol–water partition coefficient (Wildman–Crippen LogP) is 8.46. The lowest BCUT2D eigenvalue weighted by atomic mass is 9.93. The number of para-hydroxylation sites is 1. The largest absolute Gasteiger partial charge is 0.344 e. The van der Waals surface area contributed by atoms with Crippen LogP contribution in [0.4, 0.5) is 11.4 Å². The SMILES string of the molecule is CN(c1ccc(-c2ccccc2)cc1)c1ccccc1-c1ccccc1-c1ccccc1. The molecule has 32 heavy (non-hydrogen) atoms. The fourth-order valence-electron chi connectivity index (χ4n) is 4.23. The summed E-state index contributed by atoms with van der Waals surface area (Å²) in [4.78, 5) is 2.27. The van der Waals surface area contributed by atoms with Gasteiger partial charge in [-0.2, -0.15) is 0 Å². The minimum absolute atomic E-state index is 1.16. The first-order valence-electron chi connectivity index (χ1n) is 10.9. The summed E-state index contributed by atoms with van der Waals surface area (Å²) in [5.74, 6) is 0. The molecule has 0 heterocycles. The second kappa shape index (κ2) is 8.95. The number of benzene rings is 5. The van der Waals surface area contributed by atoms with E-state index in [1.807, 2.05) is 0 Å². The average Bonchev–Trinajstić information content (AvgIpc) is 2.89. The van der Waals surface area contributed by atoms with Crippen LogP contribution < -0.4 is 4.90 Å². The van der Waals surface area contributed by atoms with Crippen LogP contribution in [0.1, 0.15) is 0 Å². The van der Waals surface area contributed by atoms with E-state index in [-0.39, 0.29) is 0 Å². The molecule has 0 saturated carbocycles. The lowest BCUT2D eigenvalue weighted by Gasteiger charge is -2.24. The highest BCUT2D eigenvalue weighted by atomic mass is 15.1. The molecule has 1 heteroatoms. The molecule has 5 rings (SSSR count). The van der Waals surface area contributed by atoms with Gasteiger partial charge in [-0.05, 0) is 46.0 Å². The summed E-state index contributed by atoms with van der Waals surface area (Å²) >= 11 is 0. The third-order valence-electron chi connectivity index (χ3n) is 5.93. The third-order valence-corrected chi connectivity index (χ3v) is 5.93. The molecular formula is C31H25N. The zero-order chi connectivity index (χ0) is 21.8. The van der Waals surface area contributed by atoms with Gasteiger partial charge in [0, 0.05) is 24.0 Å². The average molecular weight is 412 g/mol. The van der Waals surface area contributed by atoms with Gasteiger partial charge >= 0.3 is 0 Å². The van der Waals surface area contributed by atoms with Crippen molar-refractivity contribution >= 4 is 11.4 Å². The molecule has 0 aromatic heterocycles. The molecule has 0 amide bonds. The van der Waals surface area contributed by atoms with Gasteiger partial charge in [0.15, 0.2) is 0 Å². The highest BCUT2D eigenvalue weighted by Crippen LogP contribution is 2.39. The van der Waals surface area contributed by atoms with Gasteiger partial charge in [0.1, 0.15) is 0 Å². The first kappa shape index (κ1) is 19.8. The van der Waals surface area contributed by atoms with Gasteiger partial charge in [-0.25, -0.2) is 0 Å². The van der Waals surface area contributed by atoms with Crippen molar-refractivity contribution in [3.05, 3.63) is 133 Å². The van der Waals surface area contributed by atoms with E-state index in [4.69, 9.17) is 0 Å². The lowest BCUT2D eigenvalue weighted by molar-refractivity contribution is 1.21. The van der Waals surface area contributed by atoms with Crippen molar-refractivity contribution in [2.24, 2.45) is 0 Å². The molecule has 0 radical (unpaired) electrons. The Morgan fingerprint density at radius 2 is 0.844 bits per heavy atom. The summed E-state index contributed by atoms with van der Waals surface area (Å²) in [6, 6.07) is 47.2. The summed E-state index contributed by atoms with van der Waals surface area (Å²) in [6.45, 7) is 0. The van der Waals surface area contributed by atoms with E-state index in [2.05, 4.69) is 145 Å². The molecule has 0 fully saturated rings. The zero-order valence-electron chi connectivity index (χ0n) is 18.1. The van der Waals surface area contributed by atoms with Crippen molar-refractivity contribution in [2.45, 2.75) is 0 Å². The third kappa shape index (κ3) is 3.93. The molecule has 5 aromatic rings. The molecule has 0 unspecified atom stereocenters. The number of hydrogen-bond donors (Lipinski definition) is 0. The zero-order valence-corrected chi connectivity index (χ0v) is 18.1. The van der Waals surface area contributed by atoms with Crippen molar-refractivity contribution in [1.29, 1.82) is 0 Å². The van der Waals surface area contributed by atoms with E-state index in [0.717, 1.165) is 5.69 Å². The topological polar surface area (TPSA) is 3.24 Å². The van der Waals surface area contributed by atoms with Crippen molar-refractivity contribution in [2.75, 3.05) is 11.9 Å². The summed E-state index contributed by atoms with van der Waals surface area (Å²) in [7, 11) is 2.14. The molecule has 0 aliphatic rings. The molecule has 0 saturated heterocycles. The predicted molar refractivity (Wildman–Crippen MR) is 137 cm³/mol. The normalized spacial score (nSPS) is 10.7. The van der Waals surface area contributed by atoms with E-state index in [1.54, 1.807) is 0 Å². The Balaban J connectivity index is 1.54. The van der Waals surface area contributed by atoms with E-state index in [0.29, 0.717) is 0 Å². The van der Waals surface area contributed by atoms with Gasteiger partial charge in [-0.15, -0.1) is 0 Å². The molecule has 5 aromatic carbocycles. The van der Waals surface area contributed by atoms with E-state index < -0.39 is 0 Å². The van der Waals surface area contributed by atoms with Gasteiger partial charge in [0.25, 0.3) is 0 Å². The van der Waals surface area contributed by atoms with Crippen molar-refractivity contribution in [1.82, 2.24) is 0 Å². The van der Waals surface area contributed by atoms with Crippen LogP contribution in [-0.4, -0.2) is 7.05 Å². The van der Waals surface area contributed by atoms with Crippen molar-refractivity contribution < 1.29 is 0 Å². The maximum absolute atomic E-state index is 2.27. The lowest BCUT2D eigenvalue weighted by Crippen LogP contribution is -2.10. The molecule has 0 bridgehead atoms. The quantitative estimate of drug-likeness (QED) is 0.280. The maximum Gasteiger partial charge on any atom is 0.0487 e. The van der Waals surface area contributed by atoms with Crippen LogP contribution in [0.25, 0.3) is 33.4 Å². The molecule has 0 spiro atoms. The highest BCUT2D eigenvalue weighted by molar-refractivity contribution is 5.91. The molecule has 1 nitrogen and oxygen atoms in total. The van der Waals surface area contributed by atoms with Crippen LogP contribution in [0.3, 0.4) is 0 Å². The number of anilines is 2. The molecular weight excluding hydrogens is 386 g/mol. The number of hydrogen-bond acceptors (Lipinski definition) is 1. The minimum atomic E-state index is 1.16. The summed E-state index contributed by atoms with van der Waals surface area (Å²) in [5.41, 5.74) is 9.74. The van der Waals surface area contributed by atoms with Crippen molar-refractivity contribution in [3.63, 3.8) is 0 Å². The number of nitrogens with zero attached hydrogens (tertiary/aromatic N) is 1. The summed E-state index contributed by atoms with van der Waals surface area (Å²) in [5, 5.41) is 0. The van der Waals surface area contributed by atoms with Gasteiger partial charge in [-0.1, -0.05) is 115 Å². The van der Waals surface area contributed by atoms with Gasteiger partial charge < -0.3 is 4.90 Å². The standard InChI is InChI=1S/C31H25N/c1-32(27-22-20-25(21-23-27)24-12-4-2-5-13-24)31-19-11-10-18-30(31)29-17-9-8-16-28(29)26-14-6-3-7-15-26/h2-23H,1H3. The Bertz CT molecular complexity index is 1310. The summed E-state index contributed by atoms with van der Waals surface area (Å²) < 4.78 is 0. The van der Waals surface area contributed by atoms with Crippen LogP contribution in [-0.2, 0) is 0 Å². The van der Waals surface area contributed by atoms with Crippen LogP contribution in [0.5, 0.6) is 0 Å². The second-order valence-corrected chi connectivity index (χ2v) is 7.90. The molecule has 0 aliphatic carbocycles. The second-order valence-electron chi connectivity index (χ2n) is 7.90. The fraction of sp³-hybridized carbons (Fsp3) is 0.0323. The van der Waals surface area contributed by atoms with Crippen LogP contribution >= 0.6 is 0 Å². The Morgan fingerprint density at radius 1 is 0.375 bits per heavy atom. The fourth-order valence-corrected chi connectivity index (χ4v) is 4.23. The Morgan fingerprint density at radius 3 is 1.50 bits per heavy atom. The highest BCUT2D eigenvalue weighted by Gasteiger charge is 2.14. The first-order valence-corrected chi connectivity index (χ1v) is 10.9. The van der Waals surface area contributed by atoms with Crippen LogP contribution in [0, 0.1) is 0 Å². The molecule has 0 atom stereocenters. The van der Waals surface area contributed by atoms with Crippen LogP contribution in [0.15, 0.2) is 133 Å². The Hall–Kier alpha value is -4.10. The first-order chi connectivity index (χ1) is 15.8. The van der Waals surface area contributed by atoms with E-state index in [9.17, 15) is 0 Å². The summed E-state index contributed by atoms with van der Waals surface area (Å²) in [6.07, 6.45) is 0. The monoisotopic (exact) mass is 411 g/mol.